The fourth-order valence-corrected chi connectivity index (χ4v) is 1.40. The van der Waals surface area contributed by atoms with Crippen LogP contribution in [0, 0.1) is 17.7 Å². The number of nitrogens with one attached hydrogen (secondary N) is 1. The van der Waals surface area contributed by atoms with E-state index in [-0.39, 0.29) is 11.1 Å². The fourth-order valence-electron chi connectivity index (χ4n) is 1.21. The van der Waals surface area contributed by atoms with Gasteiger partial charge in [-0.05, 0) is 24.6 Å². The second-order valence-electron chi connectivity index (χ2n) is 3.02. The largest absolute Gasteiger partial charge is 0.271 e. The summed E-state index contributed by atoms with van der Waals surface area (Å²) in [6, 6.07) is 4.39. The predicted molar refractivity (Wildman–Crippen MR) is 59.5 cm³/mol. The van der Waals surface area contributed by atoms with Gasteiger partial charge in [0.25, 0.3) is 0 Å². The lowest BCUT2D eigenvalue weighted by Gasteiger charge is -2.13. The summed E-state index contributed by atoms with van der Waals surface area (Å²) in [5, 5.41) is 0.0946. The molecule has 0 fully saturated rings. The third kappa shape index (κ3) is 3.21. The molecule has 0 amide bonds. The van der Waals surface area contributed by atoms with E-state index in [0.717, 1.165) is 5.56 Å². The second-order valence-corrected chi connectivity index (χ2v) is 3.43. The van der Waals surface area contributed by atoms with Crippen LogP contribution in [-0.2, 0) is 0 Å². The Bertz CT molecular complexity index is 395. The second kappa shape index (κ2) is 5.72. The summed E-state index contributed by atoms with van der Waals surface area (Å²) >= 11 is 5.67. The van der Waals surface area contributed by atoms with Crippen molar-refractivity contribution in [1.29, 1.82) is 0 Å². The molecule has 0 aliphatic carbocycles. The first kappa shape index (κ1) is 12.0. The Morgan fingerprint density at radius 2 is 2.33 bits per heavy atom. The van der Waals surface area contributed by atoms with E-state index in [1.165, 1.54) is 6.07 Å². The predicted octanol–water partition coefficient (Wildman–Crippen LogP) is 2.40. The summed E-state index contributed by atoms with van der Waals surface area (Å²) in [7, 11) is 0. The highest BCUT2D eigenvalue weighted by atomic mass is 35.5. The van der Waals surface area contributed by atoms with Gasteiger partial charge in [-0.1, -0.05) is 17.7 Å². The zero-order valence-corrected chi connectivity index (χ0v) is 9.11. The number of rotatable bonds is 3. The summed E-state index contributed by atoms with van der Waals surface area (Å²) in [4.78, 5) is 0. The fraction of sp³-hybridized carbons (Fsp3) is 0.273. The van der Waals surface area contributed by atoms with Crippen molar-refractivity contribution in [2.24, 2.45) is 5.84 Å². The quantitative estimate of drug-likeness (QED) is 0.472. The Balaban J connectivity index is 2.90. The van der Waals surface area contributed by atoms with Crippen molar-refractivity contribution < 1.29 is 4.39 Å². The molecule has 1 aromatic carbocycles. The minimum absolute atomic E-state index is 0.0946. The van der Waals surface area contributed by atoms with Crippen molar-refractivity contribution in [3.05, 3.63) is 34.6 Å². The van der Waals surface area contributed by atoms with Crippen LogP contribution in [0.4, 0.5) is 4.39 Å². The zero-order valence-electron chi connectivity index (χ0n) is 8.35. The molecule has 15 heavy (non-hydrogen) atoms. The molecular weight excluding hydrogens is 215 g/mol. The van der Waals surface area contributed by atoms with E-state index in [9.17, 15) is 4.39 Å². The van der Waals surface area contributed by atoms with E-state index in [4.69, 9.17) is 17.4 Å². The van der Waals surface area contributed by atoms with Gasteiger partial charge in [-0.3, -0.25) is 11.3 Å². The minimum Gasteiger partial charge on any atom is -0.271 e. The smallest absolute Gasteiger partial charge is 0.141 e. The van der Waals surface area contributed by atoms with Crippen molar-refractivity contribution in [3.8, 4) is 11.8 Å². The van der Waals surface area contributed by atoms with Crippen molar-refractivity contribution in [2.45, 2.75) is 19.4 Å². The van der Waals surface area contributed by atoms with E-state index < -0.39 is 5.82 Å². The number of halogens is 2. The average molecular weight is 227 g/mol. The number of benzene rings is 1. The first-order chi connectivity index (χ1) is 7.19. The van der Waals surface area contributed by atoms with E-state index in [1.807, 2.05) is 0 Å². The normalized spacial score (nSPS) is 11.7. The van der Waals surface area contributed by atoms with Crippen LogP contribution < -0.4 is 11.3 Å². The van der Waals surface area contributed by atoms with Crippen LogP contribution in [0.3, 0.4) is 0 Å². The van der Waals surface area contributed by atoms with Crippen molar-refractivity contribution in [2.75, 3.05) is 0 Å². The Hall–Kier alpha value is -1.08. The van der Waals surface area contributed by atoms with Crippen LogP contribution in [0.15, 0.2) is 18.2 Å². The molecular formula is C11H12ClFN2. The molecule has 80 valence electrons. The molecule has 3 N–H and O–H groups in total. The summed E-state index contributed by atoms with van der Waals surface area (Å²) < 4.78 is 12.9. The van der Waals surface area contributed by atoms with E-state index in [1.54, 1.807) is 19.1 Å². The summed E-state index contributed by atoms with van der Waals surface area (Å²) in [5.74, 6) is 10.6. The van der Waals surface area contributed by atoms with Crippen molar-refractivity contribution in [1.82, 2.24) is 5.43 Å². The molecule has 4 heteroatoms. The monoisotopic (exact) mass is 226 g/mol. The average Bonchev–Trinajstić information content (AvgIpc) is 2.24. The SMILES string of the molecule is CC#CCC(NN)c1ccc(F)c(Cl)c1. The van der Waals surface area contributed by atoms with Gasteiger partial charge in [-0.15, -0.1) is 11.8 Å². The molecule has 0 radical (unpaired) electrons. The van der Waals surface area contributed by atoms with Gasteiger partial charge in [0.1, 0.15) is 5.82 Å². The first-order valence-corrected chi connectivity index (χ1v) is 4.87. The van der Waals surface area contributed by atoms with Crippen molar-refractivity contribution >= 4 is 11.6 Å². The number of hydrogen-bond acceptors (Lipinski definition) is 2. The topological polar surface area (TPSA) is 38.0 Å². The van der Waals surface area contributed by atoms with Crippen LogP contribution in [0.1, 0.15) is 24.9 Å². The molecule has 0 aromatic heterocycles. The third-order valence-electron chi connectivity index (χ3n) is 2.03. The first-order valence-electron chi connectivity index (χ1n) is 4.49. The Labute approximate surface area is 93.6 Å². The lowest BCUT2D eigenvalue weighted by Crippen LogP contribution is -2.27. The Morgan fingerprint density at radius 3 is 2.87 bits per heavy atom. The molecule has 0 aliphatic heterocycles. The Morgan fingerprint density at radius 1 is 1.60 bits per heavy atom. The van der Waals surface area contributed by atoms with Gasteiger partial charge in [0.15, 0.2) is 0 Å². The molecule has 1 unspecified atom stereocenters. The molecule has 0 heterocycles. The number of hydrogen-bond donors (Lipinski definition) is 2. The lowest BCUT2D eigenvalue weighted by molar-refractivity contribution is 0.564. The standard InChI is InChI=1S/C11H12ClFN2/c1-2-3-4-11(15-14)8-5-6-10(13)9(12)7-8/h5-7,11,15H,4,14H2,1H3. The number of nitrogens with two attached hydrogens (primary N) is 1. The maximum absolute atomic E-state index is 12.9. The highest BCUT2D eigenvalue weighted by Crippen LogP contribution is 2.22. The van der Waals surface area contributed by atoms with E-state index >= 15 is 0 Å². The molecule has 0 aliphatic rings. The molecule has 0 bridgehead atoms. The van der Waals surface area contributed by atoms with Crippen LogP contribution in [0.25, 0.3) is 0 Å². The van der Waals surface area contributed by atoms with Gasteiger partial charge in [0.05, 0.1) is 11.1 Å². The van der Waals surface area contributed by atoms with Crippen LogP contribution in [0.5, 0.6) is 0 Å². The van der Waals surface area contributed by atoms with Gasteiger partial charge in [0.2, 0.25) is 0 Å². The maximum Gasteiger partial charge on any atom is 0.141 e. The third-order valence-corrected chi connectivity index (χ3v) is 2.32. The Kier molecular flexibility index (Phi) is 4.57. The van der Waals surface area contributed by atoms with Crippen LogP contribution in [0.2, 0.25) is 5.02 Å². The molecule has 2 nitrogen and oxygen atoms in total. The van der Waals surface area contributed by atoms with Gasteiger partial charge in [0, 0.05) is 6.42 Å². The molecule has 0 saturated carbocycles. The molecule has 1 atom stereocenters. The highest BCUT2D eigenvalue weighted by molar-refractivity contribution is 6.30. The van der Waals surface area contributed by atoms with Gasteiger partial charge >= 0.3 is 0 Å². The molecule has 1 aromatic rings. The summed E-state index contributed by atoms with van der Waals surface area (Å²) in [6.45, 7) is 1.76. The summed E-state index contributed by atoms with van der Waals surface area (Å²) in [5.41, 5.74) is 3.44. The highest BCUT2D eigenvalue weighted by Gasteiger charge is 2.10. The maximum atomic E-state index is 12.9. The van der Waals surface area contributed by atoms with Gasteiger partial charge in [-0.25, -0.2) is 4.39 Å². The van der Waals surface area contributed by atoms with Crippen LogP contribution in [-0.4, -0.2) is 0 Å². The van der Waals surface area contributed by atoms with E-state index in [0.29, 0.717) is 6.42 Å². The molecule has 0 spiro atoms. The minimum atomic E-state index is -0.433. The van der Waals surface area contributed by atoms with E-state index in [2.05, 4.69) is 17.3 Å². The zero-order chi connectivity index (χ0) is 11.3. The van der Waals surface area contributed by atoms with Crippen LogP contribution >= 0.6 is 11.6 Å². The molecule has 0 saturated heterocycles. The van der Waals surface area contributed by atoms with Gasteiger partial charge in [-0.2, -0.15) is 0 Å². The van der Waals surface area contributed by atoms with Gasteiger partial charge < -0.3 is 0 Å². The van der Waals surface area contributed by atoms with Crippen molar-refractivity contribution in [3.63, 3.8) is 0 Å². The molecule has 1 rings (SSSR count). The summed E-state index contributed by atoms with van der Waals surface area (Å²) in [6.07, 6.45) is 0.564. The lowest BCUT2D eigenvalue weighted by atomic mass is 10.0. The number of hydrazine groups is 1.